The summed E-state index contributed by atoms with van der Waals surface area (Å²) in [7, 11) is 0. The van der Waals surface area contributed by atoms with Gasteiger partial charge in [-0.1, -0.05) is 27.7 Å². The lowest BCUT2D eigenvalue weighted by atomic mass is 9.76. The van der Waals surface area contributed by atoms with E-state index < -0.39 is 17.4 Å². The molecule has 1 aliphatic heterocycles. The zero-order chi connectivity index (χ0) is 14.8. The lowest BCUT2D eigenvalue weighted by Gasteiger charge is -2.29. The maximum absolute atomic E-state index is 12.2. The van der Waals surface area contributed by atoms with Crippen molar-refractivity contribution in [1.29, 1.82) is 0 Å². The van der Waals surface area contributed by atoms with Crippen LogP contribution in [-0.2, 0) is 9.59 Å². The van der Waals surface area contributed by atoms with E-state index in [1.807, 2.05) is 27.7 Å². The molecule has 0 aromatic carbocycles. The molecule has 3 N–H and O–H groups in total. The van der Waals surface area contributed by atoms with Crippen molar-refractivity contribution in [2.45, 2.75) is 46.6 Å². The first kappa shape index (κ1) is 16.0. The Hall–Kier alpha value is -1.10. The van der Waals surface area contributed by atoms with Gasteiger partial charge in [-0.15, -0.1) is 0 Å². The number of likely N-dealkylation sites (tertiary alicyclic amines) is 1. The second-order valence-corrected chi connectivity index (χ2v) is 6.36. The van der Waals surface area contributed by atoms with Gasteiger partial charge < -0.3 is 15.7 Å². The minimum absolute atomic E-state index is 0.00382. The molecular weight excluding hydrogens is 244 g/mol. The Balaban J connectivity index is 2.74. The van der Waals surface area contributed by atoms with Crippen LogP contribution in [0.1, 0.15) is 40.5 Å². The van der Waals surface area contributed by atoms with Gasteiger partial charge in [0.25, 0.3) is 0 Å². The lowest BCUT2D eigenvalue weighted by molar-refractivity contribution is -0.151. The van der Waals surface area contributed by atoms with Crippen molar-refractivity contribution in [2.75, 3.05) is 13.1 Å². The average molecular weight is 270 g/mol. The molecule has 19 heavy (non-hydrogen) atoms. The van der Waals surface area contributed by atoms with Crippen LogP contribution >= 0.6 is 0 Å². The van der Waals surface area contributed by atoms with Crippen LogP contribution in [0, 0.1) is 17.3 Å². The molecule has 1 aliphatic rings. The monoisotopic (exact) mass is 270 g/mol. The highest BCUT2D eigenvalue weighted by atomic mass is 16.4. The average Bonchev–Trinajstić information content (AvgIpc) is 2.72. The van der Waals surface area contributed by atoms with Crippen molar-refractivity contribution < 1.29 is 14.7 Å². The molecule has 0 saturated carbocycles. The molecular formula is C14H26N2O3. The summed E-state index contributed by atoms with van der Waals surface area (Å²) < 4.78 is 0. The topological polar surface area (TPSA) is 83.6 Å². The van der Waals surface area contributed by atoms with Gasteiger partial charge in [-0.2, -0.15) is 0 Å². The number of amides is 1. The molecule has 0 bridgehead atoms. The predicted molar refractivity (Wildman–Crippen MR) is 73.5 cm³/mol. The molecule has 1 heterocycles. The first-order valence-corrected chi connectivity index (χ1v) is 6.98. The minimum atomic E-state index is -0.812. The number of carboxylic acid groups (broad SMARTS) is 1. The molecule has 1 rings (SSSR count). The van der Waals surface area contributed by atoms with Gasteiger partial charge in [-0.25, -0.2) is 0 Å². The summed E-state index contributed by atoms with van der Waals surface area (Å²) in [5.41, 5.74) is 5.09. The van der Waals surface area contributed by atoms with Crippen molar-refractivity contribution in [1.82, 2.24) is 4.90 Å². The van der Waals surface area contributed by atoms with Crippen LogP contribution in [0.2, 0.25) is 0 Å². The number of hydrogen-bond acceptors (Lipinski definition) is 3. The summed E-state index contributed by atoms with van der Waals surface area (Å²) in [5.74, 6) is -0.562. The zero-order valence-corrected chi connectivity index (χ0v) is 12.3. The second kappa shape index (κ2) is 5.90. The van der Waals surface area contributed by atoms with E-state index in [-0.39, 0.29) is 18.4 Å². The van der Waals surface area contributed by atoms with E-state index in [0.29, 0.717) is 25.3 Å². The number of nitrogens with two attached hydrogens (primary N) is 1. The molecule has 0 aliphatic carbocycles. The van der Waals surface area contributed by atoms with E-state index in [1.54, 1.807) is 4.90 Å². The number of carbonyl (C=O) groups excluding carboxylic acids is 1. The van der Waals surface area contributed by atoms with Crippen molar-refractivity contribution in [3.8, 4) is 0 Å². The van der Waals surface area contributed by atoms with Crippen LogP contribution in [0.15, 0.2) is 0 Å². The third-order valence-corrected chi connectivity index (χ3v) is 4.19. The van der Waals surface area contributed by atoms with Crippen LogP contribution in [0.3, 0.4) is 0 Å². The number of aliphatic carboxylic acids is 1. The molecule has 110 valence electrons. The second-order valence-electron chi connectivity index (χ2n) is 6.36. The highest BCUT2D eigenvalue weighted by Gasteiger charge is 2.48. The van der Waals surface area contributed by atoms with Crippen molar-refractivity contribution in [3.05, 3.63) is 0 Å². The predicted octanol–water partition coefficient (Wildman–Crippen LogP) is 1.32. The van der Waals surface area contributed by atoms with E-state index >= 15 is 0 Å². The number of nitrogens with zero attached hydrogens (tertiary/aromatic N) is 1. The molecule has 0 aromatic rings. The SMILES string of the molecule is CC(C)CC(N)C(=O)N1CCC(C(=O)O)(C(C)C)C1. The molecule has 2 atom stereocenters. The highest BCUT2D eigenvalue weighted by molar-refractivity contribution is 5.84. The summed E-state index contributed by atoms with van der Waals surface area (Å²) in [4.78, 5) is 25.4. The Bertz CT molecular complexity index is 355. The minimum Gasteiger partial charge on any atom is -0.481 e. The fourth-order valence-corrected chi connectivity index (χ4v) is 2.76. The van der Waals surface area contributed by atoms with E-state index in [1.165, 1.54) is 0 Å². The van der Waals surface area contributed by atoms with Crippen LogP contribution in [-0.4, -0.2) is 41.0 Å². The van der Waals surface area contributed by atoms with E-state index in [0.717, 1.165) is 0 Å². The molecule has 1 amide bonds. The Morgan fingerprint density at radius 2 is 1.89 bits per heavy atom. The summed E-state index contributed by atoms with van der Waals surface area (Å²) in [6, 6.07) is -0.517. The van der Waals surface area contributed by atoms with E-state index in [2.05, 4.69) is 0 Å². The maximum atomic E-state index is 12.2. The maximum Gasteiger partial charge on any atom is 0.311 e. The van der Waals surface area contributed by atoms with E-state index in [4.69, 9.17) is 5.73 Å². The number of rotatable bonds is 5. The standard InChI is InChI=1S/C14H26N2O3/c1-9(2)7-11(15)12(17)16-6-5-14(8-16,10(3)4)13(18)19/h9-11H,5-8,15H2,1-4H3,(H,18,19). The van der Waals surface area contributed by atoms with Gasteiger partial charge in [0.15, 0.2) is 0 Å². The quantitative estimate of drug-likeness (QED) is 0.789. The first-order valence-electron chi connectivity index (χ1n) is 6.98. The smallest absolute Gasteiger partial charge is 0.311 e. The van der Waals surface area contributed by atoms with Gasteiger partial charge in [0, 0.05) is 13.1 Å². The van der Waals surface area contributed by atoms with E-state index in [9.17, 15) is 14.7 Å². The van der Waals surface area contributed by atoms with Gasteiger partial charge in [0.1, 0.15) is 0 Å². The van der Waals surface area contributed by atoms with Crippen LogP contribution in [0.25, 0.3) is 0 Å². The molecule has 5 nitrogen and oxygen atoms in total. The van der Waals surface area contributed by atoms with Crippen molar-refractivity contribution in [2.24, 2.45) is 23.0 Å². The van der Waals surface area contributed by atoms with Crippen molar-refractivity contribution >= 4 is 11.9 Å². The number of hydrogen-bond donors (Lipinski definition) is 2. The third kappa shape index (κ3) is 3.26. The molecule has 0 aromatic heterocycles. The summed E-state index contributed by atoms with van der Waals surface area (Å²) in [6.07, 6.45) is 1.15. The first-order chi connectivity index (χ1) is 8.70. The third-order valence-electron chi connectivity index (χ3n) is 4.19. The molecule has 5 heteroatoms. The van der Waals surface area contributed by atoms with Crippen LogP contribution in [0.5, 0.6) is 0 Å². The van der Waals surface area contributed by atoms with Gasteiger partial charge in [-0.3, -0.25) is 9.59 Å². The number of carboxylic acids is 1. The molecule has 1 fully saturated rings. The summed E-state index contributed by atoms with van der Waals surface area (Å²) >= 11 is 0. The lowest BCUT2D eigenvalue weighted by Crippen LogP contribution is -2.46. The van der Waals surface area contributed by atoms with Gasteiger partial charge >= 0.3 is 5.97 Å². The Labute approximate surface area is 115 Å². The fourth-order valence-electron chi connectivity index (χ4n) is 2.76. The number of carbonyl (C=O) groups is 2. The van der Waals surface area contributed by atoms with Crippen LogP contribution in [0.4, 0.5) is 0 Å². The summed E-state index contributed by atoms with van der Waals surface area (Å²) in [6.45, 7) is 8.62. The Kier molecular flexibility index (Phi) is 4.96. The molecule has 2 unspecified atom stereocenters. The fraction of sp³-hybridized carbons (Fsp3) is 0.857. The highest BCUT2D eigenvalue weighted by Crippen LogP contribution is 2.38. The summed E-state index contributed by atoms with van der Waals surface area (Å²) in [5, 5.41) is 9.45. The Morgan fingerprint density at radius 1 is 1.32 bits per heavy atom. The molecule has 1 saturated heterocycles. The Morgan fingerprint density at radius 3 is 2.26 bits per heavy atom. The normalized spacial score (nSPS) is 25.1. The van der Waals surface area contributed by atoms with Gasteiger partial charge in [0.05, 0.1) is 11.5 Å². The van der Waals surface area contributed by atoms with Crippen LogP contribution < -0.4 is 5.73 Å². The van der Waals surface area contributed by atoms with Gasteiger partial charge in [-0.05, 0) is 24.7 Å². The molecule has 0 spiro atoms. The van der Waals surface area contributed by atoms with Gasteiger partial charge in [0.2, 0.25) is 5.91 Å². The largest absolute Gasteiger partial charge is 0.481 e. The molecule has 0 radical (unpaired) electrons. The zero-order valence-electron chi connectivity index (χ0n) is 12.3. The van der Waals surface area contributed by atoms with Crippen molar-refractivity contribution in [3.63, 3.8) is 0 Å².